The van der Waals surface area contributed by atoms with Crippen molar-refractivity contribution in [3.63, 3.8) is 0 Å². The summed E-state index contributed by atoms with van der Waals surface area (Å²) in [5.41, 5.74) is 1.13. The largest absolute Gasteiger partial charge is 0.365 e. The molecule has 0 amide bonds. The topological polar surface area (TPSA) is 64.0 Å². The average molecular weight is 304 g/mol. The molecule has 1 heterocycles. The minimum absolute atomic E-state index is 0.119. The minimum atomic E-state index is -0.423. The van der Waals surface area contributed by atoms with Gasteiger partial charge in [-0.3, -0.25) is 9.36 Å². The first-order valence-corrected chi connectivity index (χ1v) is 6.78. The number of benzene rings is 1. The Morgan fingerprint density at radius 1 is 1.38 bits per heavy atom. The molecule has 0 aliphatic rings. The zero-order valence-electron chi connectivity index (χ0n) is 11.5. The molecule has 0 unspecified atom stereocenters. The van der Waals surface area contributed by atoms with Gasteiger partial charge in [0.15, 0.2) is 11.0 Å². The summed E-state index contributed by atoms with van der Waals surface area (Å²) in [6, 6.07) is 9.87. The van der Waals surface area contributed by atoms with Crippen LogP contribution < -0.4 is 10.9 Å². The molecule has 1 aromatic heterocycles. The molecule has 0 aliphatic heterocycles. The summed E-state index contributed by atoms with van der Waals surface area (Å²) in [6.45, 7) is 2.15. The van der Waals surface area contributed by atoms with Gasteiger partial charge < -0.3 is 5.32 Å². The SMILES string of the molecule is Cc1c(Cl)nc(NCCc2ccccc2)c(=O)n1C=C=O. The van der Waals surface area contributed by atoms with E-state index in [1.165, 1.54) is 0 Å². The zero-order valence-corrected chi connectivity index (χ0v) is 12.2. The molecule has 2 rings (SSSR count). The van der Waals surface area contributed by atoms with E-state index in [1.54, 1.807) is 12.9 Å². The highest BCUT2D eigenvalue weighted by Crippen LogP contribution is 2.12. The second-order valence-electron chi connectivity index (χ2n) is 4.42. The van der Waals surface area contributed by atoms with Crippen molar-refractivity contribution in [1.29, 1.82) is 0 Å². The average Bonchev–Trinajstić information content (AvgIpc) is 2.50. The van der Waals surface area contributed by atoms with Crippen molar-refractivity contribution in [2.75, 3.05) is 11.9 Å². The first-order valence-electron chi connectivity index (χ1n) is 6.41. The standard InChI is InChI=1S/C15H14ClN3O2/c1-11-13(16)18-14(15(21)19(11)9-10-20)17-8-7-12-5-3-2-4-6-12/h2-6,9H,7-8H2,1H3,(H,17,18). The maximum atomic E-state index is 12.1. The van der Waals surface area contributed by atoms with Crippen LogP contribution in [0.3, 0.4) is 0 Å². The van der Waals surface area contributed by atoms with Crippen LogP contribution in [0.4, 0.5) is 5.82 Å². The highest BCUT2D eigenvalue weighted by molar-refractivity contribution is 6.30. The Bertz CT molecular complexity index is 735. The predicted molar refractivity (Wildman–Crippen MR) is 83.3 cm³/mol. The Kier molecular flexibility index (Phi) is 4.93. The molecule has 0 aliphatic carbocycles. The maximum absolute atomic E-state index is 12.1. The molecule has 6 heteroatoms. The van der Waals surface area contributed by atoms with Gasteiger partial charge in [0.05, 0.1) is 11.9 Å². The molecular formula is C15H14ClN3O2. The lowest BCUT2D eigenvalue weighted by atomic mass is 10.1. The third-order valence-corrected chi connectivity index (χ3v) is 3.38. The van der Waals surface area contributed by atoms with Gasteiger partial charge in [0.1, 0.15) is 5.94 Å². The van der Waals surface area contributed by atoms with Crippen LogP contribution in [0.25, 0.3) is 6.20 Å². The van der Waals surface area contributed by atoms with E-state index in [2.05, 4.69) is 10.3 Å². The van der Waals surface area contributed by atoms with Crippen LogP contribution >= 0.6 is 11.6 Å². The first-order chi connectivity index (χ1) is 10.1. The summed E-state index contributed by atoms with van der Waals surface area (Å²) in [6.07, 6.45) is 1.75. The first kappa shape index (κ1) is 15.0. The summed E-state index contributed by atoms with van der Waals surface area (Å²) in [4.78, 5) is 26.6. The normalized spacial score (nSPS) is 10.0. The second-order valence-corrected chi connectivity index (χ2v) is 4.78. The Hall–Kier alpha value is -2.36. The van der Waals surface area contributed by atoms with E-state index in [4.69, 9.17) is 11.6 Å². The Morgan fingerprint density at radius 2 is 2.10 bits per heavy atom. The van der Waals surface area contributed by atoms with Gasteiger partial charge in [-0.1, -0.05) is 41.9 Å². The number of halogens is 1. The summed E-state index contributed by atoms with van der Waals surface area (Å²) < 4.78 is 1.13. The van der Waals surface area contributed by atoms with Crippen molar-refractivity contribution in [2.24, 2.45) is 0 Å². The Balaban J connectivity index is 2.17. The fourth-order valence-electron chi connectivity index (χ4n) is 1.89. The molecule has 5 nitrogen and oxygen atoms in total. The fraction of sp³-hybridized carbons (Fsp3) is 0.200. The van der Waals surface area contributed by atoms with Crippen LogP contribution in [0.15, 0.2) is 35.1 Å². The van der Waals surface area contributed by atoms with Crippen LogP contribution in [0.5, 0.6) is 0 Å². The van der Waals surface area contributed by atoms with Gasteiger partial charge in [-0.25, -0.2) is 9.78 Å². The highest BCUT2D eigenvalue weighted by atomic mass is 35.5. The van der Waals surface area contributed by atoms with Gasteiger partial charge in [0.25, 0.3) is 5.56 Å². The summed E-state index contributed by atoms with van der Waals surface area (Å²) in [7, 11) is 0. The summed E-state index contributed by atoms with van der Waals surface area (Å²) in [5, 5.41) is 3.12. The van der Waals surface area contributed by atoms with Gasteiger partial charge in [-0.15, -0.1) is 0 Å². The number of anilines is 1. The van der Waals surface area contributed by atoms with Crippen LogP contribution in [-0.2, 0) is 11.2 Å². The number of carbonyl (C=O) groups excluding carboxylic acids is 1. The summed E-state index contributed by atoms with van der Waals surface area (Å²) in [5.74, 6) is 1.69. The van der Waals surface area contributed by atoms with Gasteiger partial charge in [-0.2, -0.15) is 0 Å². The summed E-state index contributed by atoms with van der Waals surface area (Å²) >= 11 is 5.96. The zero-order chi connectivity index (χ0) is 15.2. The van der Waals surface area contributed by atoms with Crippen molar-refractivity contribution in [2.45, 2.75) is 13.3 Å². The lowest BCUT2D eigenvalue weighted by Crippen LogP contribution is -2.25. The third-order valence-electron chi connectivity index (χ3n) is 3.02. The number of hydrogen-bond acceptors (Lipinski definition) is 4. The van der Waals surface area contributed by atoms with Crippen molar-refractivity contribution < 1.29 is 4.79 Å². The lowest BCUT2D eigenvalue weighted by Gasteiger charge is -2.10. The quantitative estimate of drug-likeness (QED) is 0.860. The van der Waals surface area contributed by atoms with Gasteiger partial charge in [0, 0.05) is 6.54 Å². The molecule has 0 bridgehead atoms. The van der Waals surface area contributed by atoms with Crippen LogP contribution in [0.1, 0.15) is 11.3 Å². The molecule has 0 atom stereocenters. The molecule has 0 radical (unpaired) electrons. The highest BCUT2D eigenvalue weighted by Gasteiger charge is 2.10. The van der Waals surface area contributed by atoms with E-state index in [9.17, 15) is 9.59 Å². The number of aromatic nitrogens is 2. The third kappa shape index (κ3) is 3.60. The molecule has 0 saturated heterocycles. The van der Waals surface area contributed by atoms with Crippen LogP contribution in [0.2, 0.25) is 5.15 Å². The van der Waals surface area contributed by atoms with Crippen LogP contribution in [0, 0.1) is 6.92 Å². The molecule has 21 heavy (non-hydrogen) atoms. The molecule has 108 valence electrons. The van der Waals surface area contributed by atoms with E-state index < -0.39 is 5.56 Å². The lowest BCUT2D eigenvalue weighted by molar-refractivity contribution is 0.569. The molecule has 1 N–H and O–H groups in total. The van der Waals surface area contributed by atoms with Crippen molar-refractivity contribution >= 4 is 29.6 Å². The Labute approximate surface area is 126 Å². The van der Waals surface area contributed by atoms with E-state index >= 15 is 0 Å². The number of rotatable bonds is 5. The molecule has 0 fully saturated rings. The molecule has 1 aromatic carbocycles. The number of nitrogens with zero attached hydrogens (tertiary/aromatic N) is 2. The maximum Gasteiger partial charge on any atom is 0.298 e. The van der Waals surface area contributed by atoms with E-state index in [1.807, 2.05) is 30.3 Å². The van der Waals surface area contributed by atoms with E-state index in [0.717, 1.165) is 22.8 Å². The monoisotopic (exact) mass is 303 g/mol. The van der Waals surface area contributed by atoms with Gasteiger partial charge in [0.2, 0.25) is 0 Å². The van der Waals surface area contributed by atoms with Crippen LogP contribution in [-0.4, -0.2) is 22.0 Å². The smallest absolute Gasteiger partial charge is 0.298 e. The molecule has 0 saturated carbocycles. The van der Waals surface area contributed by atoms with Crippen molar-refractivity contribution in [3.05, 3.63) is 57.1 Å². The minimum Gasteiger partial charge on any atom is -0.365 e. The van der Waals surface area contributed by atoms with E-state index in [0.29, 0.717) is 12.2 Å². The molecule has 2 aromatic rings. The molecular weight excluding hydrogens is 290 g/mol. The number of nitrogens with one attached hydrogen (secondary N) is 1. The van der Waals surface area contributed by atoms with Gasteiger partial charge >= 0.3 is 0 Å². The van der Waals surface area contributed by atoms with Crippen molar-refractivity contribution in [1.82, 2.24) is 9.55 Å². The Morgan fingerprint density at radius 3 is 2.76 bits per heavy atom. The predicted octanol–water partition coefficient (Wildman–Crippen LogP) is 2.16. The molecule has 0 spiro atoms. The van der Waals surface area contributed by atoms with Gasteiger partial charge in [-0.05, 0) is 18.9 Å². The fourth-order valence-corrected chi connectivity index (χ4v) is 2.06. The second kappa shape index (κ2) is 6.88. The van der Waals surface area contributed by atoms with Crippen molar-refractivity contribution in [3.8, 4) is 0 Å². The van der Waals surface area contributed by atoms with E-state index in [-0.39, 0.29) is 11.0 Å². The number of hydrogen-bond donors (Lipinski definition) is 1.